The maximum Gasteiger partial charge on any atom is 0.245 e. The van der Waals surface area contributed by atoms with Crippen LogP contribution in [0.25, 0.3) is 0 Å². The number of likely N-dealkylation sites (tertiary alicyclic amines) is 1. The SMILES string of the molecule is O=C(C1CCCN1C(=O)C1CCCC1)N1CCOc2cc(O)ccc2C1. The van der Waals surface area contributed by atoms with Crippen molar-refractivity contribution in [3.63, 3.8) is 0 Å². The molecule has 0 spiro atoms. The van der Waals surface area contributed by atoms with E-state index in [0.717, 1.165) is 44.1 Å². The molecular formula is C20H26N2O4. The number of hydrogen-bond acceptors (Lipinski definition) is 4. The summed E-state index contributed by atoms with van der Waals surface area (Å²) in [4.78, 5) is 29.7. The lowest BCUT2D eigenvalue weighted by atomic mass is 10.1. The van der Waals surface area contributed by atoms with Crippen molar-refractivity contribution in [1.29, 1.82) is 0 Å². The van der Waals surface area contributed by atoms with Gasteiger partial charge in [0, 0.05) is 30.6 Å². The minimum Gasteiger partial charge on any atom is -0.508 e. The molecule has 6 nitrogen and oxygen atoms in total. The minimum absolute atomic E-state index is 0.0263. The summed E-state index contributed by atoms with van der Waals surface area (Å²) in [6.45, 7) is 2.04. The summed E-state index contributed by atoms with van der Waals surface area (Å²) in [6, 6.07) is 4.67. The second-order valence-electron chi connectivity index (χ2n) is 7.57. The second kappa shape index (κ2) is 7.17. The molecule has 26 heavy (non-hydrogen) atoms. The van der Waals surface area contributed by atoms with Gasteiger partial charge in [0.1, 0.15) is 24.1 Å². The van der Waals surface area contributed by atoms with Gasteiger partial charge in [-0.3, -0.25) is 9.59 Å². The topological polar surface area (TPSA) is 70.1 Å². The number of rotatable bonds is 2. The van der Waals surface area contributed by atoms with Gasteiger partial charge in [-0.2, -0.15) is 0 Å². The van der Waals surface area contributed by atoms with Gasteiger partial charge in [0.2, 0.25) is 11.8 Å². The van der Waals surface area contributed by atoms with E-state index in [-0.39, 0.29) is 29.5 Å². The van der Waals surface area contributed by atoms with Crippen molar-refractivity contribution in [2.75, 3.05) is 19.7 Å². The molecule has 1 saturated carbocycles. The molecular weight excluding hydrogens is 332 g/mol. The molecule has 0 aromatic heterocycles. The zero-order valence-electron chi connectivity index (χ0n) is 15.0. The number of carbonyl (C=O) groups is 2. The monoisotopic (exact) mass is 358 g/mol. The minimum atomic E-state index is -0.332. The van der Waals surface area contributed by atoms with Crippen LogP contribution in [0.5, 0.6) is 11.5 Å². The zero-order chi connectivity index (χ0) is 18.1. The molecule has 0 radical (unpaired) electrons. The summed E-state index contributed by atoms with van der Waals surface area (Å²) < 4.78 is 5.69. The Morgan fingerprint density at radius 1 is 1.04 bits per heavy atom. The van der Waals surface area contributed by atoms with Crippen LogP contribution >= 0.6 is 0 Å². The summed E-state index contributed by atoms with van der Waals surface area (Å²) in [5, 5.41) is 9.62. The summed E-state index contributed by atoms with van der Waals surface area (Å²) in [5.74, 6) is 1.10. The Hall–Kier alpha value is -2.24. The number of aromatic hydroxyl groups is 1. The number of amides is 2. The number of phenolic OH excluding ortho intramolecular Hbond substituents is 1. The first-order valence-electron chi connectivity index (χ1n) is 9.67. The molecule has 1 atom stereocenters. The van der Waals surface area contributed by atoms with Crippen molar-refractivity contribution in [2.24, 2.45) is 5.92 Å². The van der Waals surface area contributed by atoms with E-state index in [1.165, 1.54) is 0 Å². The molecule has 1 saturated heterocycles. The average molecular weight is 358 g/mol. The third kappa shape index (κ3) is 3.24. The Labute approximate surface area is 153 Å². The highest BCUT2D eigenvalue weighted by Gasteiger charge is 2.39. The number of carbonyl (C=O) groups excluding carboxylic acids is 2. The maximum atomic E-state index is 13.2. The molecule has 2 heterocycles. The highest BCUT2D eigenvalue weighted by molar-refractivity contribution is 5.89. The normalized spacial score (nSPS) is 23.5. The van der Waals surface area contributed by atoms with E-state index in [9.17, 15) is 14.7 Å². The van der Waals surface area contributed by atoms with E-state index in [0.29, 0.717) is 32.0 Å². The highest BCUT2D eigenvalue weighted by Crippen LogP contribution is 2.32. The van der Waals surface area contributed by atoms with E-state index >= 15 is 0 Å². The van der Waals surface area contributed by atoms with E-state index in [2.05, 4.69) is 0 Å². The van der Waals surface area contributed by atoms with Crippen molar-refractivity contribution in [1.82, 2.24) is 9.80 Å². The van der Waals surface area contributed by atoms with Gasteiger partial charge in [0.05, 0.1) is 6.54 Å². The molecule has 1 aromatic carbocycles. The first-order chi connectivity index (χ1) is 12.6. The predicted molar refractivity (Wildman–Crippen MR) is 95.7 cm³/mol. The molecule has 1 aromatic rings. The van der Waals surface area contributed by atoms with Crippen LogP contribution in [0.2, 0.25) is 0 Å². The quantitative estimate of drug-likeness (QED) is 0.881. The first-order valence-corrected chi connectivity index (χ1v) is 9.67. The van der Waals surface area contributed by atoms with Crippen molar-refractivity contribution >= 4 is 11.8 Å². The molecule has 1 N–H and O–H groups in total. The fourth-order valence-corrected chi connectivity index (χ4v) is 4.45. The Morgan fingerprint density at radius 2 is 1.85 bits per heavy atom. The van der Waals surface area contributed by atoms with Gasteiger partial charge in [0.15, 0.2) is 0 Å². The molecule has 4 rings (SSSR count). The van der Waals surface area contributed by atoms with Gasteiger partial charge in [-0.25, -0.2) is 0 Å². The van der Waals surface area contributed by atoms with Gasteiger partial charge >= 0.3 is 0 Å². The van der Waals surface area contributed by atoms with Gasteiger partial charge in [0.25, 0.3) is 0 Å². The van der Waals surface area contributed by atoms with E-state index in [4.69, 9.17) is 4.74 Å². The van der Waals surface area contributed by atoms with E-state index < -0.39 is 0 Å². The van der Waals surface area contributed by atoms with Crippen LogP contribution in [0.4, 0.5) is 0 Å². The Bertz CT molecular complexity index is 699. The van der Waals surface area contributed by atoms with E-state index in [1.807, 2.05) is 4.90 Å². The summed E-state index contributed by atoms with van der Waals surface area (Å²) in [6.07, 6.45) is 5.81. The fraction of sp³-hybridized carbons (Fsp3) is 0.600. The van der Waals surface area contributed by atoms with Crippen molar-refractivity contribution in [3.05, 3.63) is 23.8 Å². The molecule has 2 amide bonds. The van der Waals surface area contributed by atoms with Crippen LogP contribution in [0.15, 0.2) is 18.2 Å². The van der Waals surface area contributed by atoms with Crippen LogP contribution < -0.4 is 4.74 Å². The Balaban J connectivity index is 1.49. The number of nitrogens with zero attached hydrogens (tertiary/aromatic N) is 2. The lowest BCUT2D eigenvalue weighted by Gasteiger charge is -2.30. The lowest BCUT2D eigenvalue weighted by molar-refractivity contribution is -0.146. The summed E-state index contributed by atoms with van der Waals surface area (Å²) in [7, 11) is 0. The fourth-order valence-electron chi connectivity index (χ4n) is 4.45. The molecule has 2 aliphatic heterocycles. The first kappa shape index (κ1) is 17.2. The average Bonchev–Trinajstić information content (AvgIpc) is 3.29. The second-order valence-corrected chi connectivity index (χ2v) is 7.57. The third-order valence-corrected chi connectivity index (χ3v) is 5.87. The Kier molecular flexibility index (Phi) is 4.74. The summed E-state index contributed by atoms with van der Waals surface area (Å²) in [5.41, 5.74) is 0.889. The number of hydrogen-bond donors (Lipinski definition) is 1. The van der Waals surface area contributed by atoms with Crippen LogP contribution in [0, 0.1) is 5.92 Å². The standard InChI is InChI=1S/C20H26N2O4/c23-16-8-7-15-13-21(10-11-26-18(15)12-16)20(25)17-6-3-9-22(17)19(24)14-4-1-2-5-14/h7-8,12,14,17,23H,1-6,9-11,13H2. The number of ether oxygens (including phenoxy) is 1. The molecule has 140 valence electrons. The number of fused-ring (bicyclic) bond motifs is 1. The highest BCUT2D eigenvalue weighted by atomic mass is 16.5. The molecule has 1 unspecified atom stereocenters. The largest absolute Gasteiger partial charge is 0.508 e. The van der Waals surface area contributed by atoms with Gasteiger partial charge in [-0.15, -0.1) is 0 Å². The maximum absolute atomic E-state index is 13.2. The summed E-state index contributed by atoms with van der Waals surface area (Å²) >= 11 is 0. The van der Waals surface area contributed by atoms with Crippen molar-refractivity contribution < 1.29 is 19.4 Å². The molecule has 0 bridgehead atoms. The van der Waals surface area contributed by atoms with Crippen LogP contribution in [0.1, 0.15) is 44.1 Å². The van der Waals surface area contributed by atoms with Gasteiger partial charge < -0.3 is 19.6 Å². The molecule has 3 aliphatic rings. The molecule has 2 fully saturated rings. The molecule has 1 aliphatic carbocycles. The number of phenols is 1. The smallest absolute Gasteiger partial charge is 0.245 e. The predicted octanol–water partition coefficient (Wildman–Crippen LogP) is 2.29. The lowest BCUT2D eigenvalue weighted by Crippen LogP contribution is -2.49. The van der Waals surface area contributed by atoms with Crippen molar-refractivity contribution in [3.8, 4) is 11.5 Å². The van der Waals surface area contributed by atoms with Crippen LogP contribution in [-0.4, -0.2) is 52.5 Å². The zero-order valence-corrected chi connectivity index (χ0v) is 15.0. The van der Waals surface area contributed by atoms with Gasteiger partial charge in [-0.1, -0.05) is 12.8 Å². The third-order valence-electron chi connectivity index (χ3n) is 5.87. The van der Waals surface area contributed by atoms with Gasteiger partial charge in [-0.05, 0) is 37.8 Å². The Morgan fingerprint density at radius 3 is 2.65 bits per heavy atom. The van der Waals surface area contributed by atoms with E-state index in [1.54, 1.807) is 23.1 Å². The molecule has 6 heteroatoms. The van der Waals surface area contributed by atoms with Crippen molar-refractivity contribution in [2.45, 2.75) is 51.1 Å². The van der Waals surface area contributed by atoms with Crippen LogP contribution in [-0.2, 0) is 16.1 Å². The van der Waals surface area contributed by atoms with Crippen LogP contribution in [0.3, 0.4) is 0 Å². The number of benzene rings is 1.